The van der Waals surface area contributed by atoms with Crippen molar-refractivity contribution < 1.29 is 4.79 Å². The molecule has 1 amide bonds. The molecule has 2 aromatic carbocycles. The Labute approximate surface area is 188 Å². The summed E-state index contributed by atoms with van der Waals surface area (Å²) in [7, 11) is 0. The van der Waals surface area contributed by atoms with E-state index in [4.69, 9.17) is 0 Å². The molecule has 160 valence electrons. The number of aryl methyl sites for hydroxylation is 1. The summed E-state index contributed by atoms with van der Waals surface area (Å²) in [6.07, 6.45) is 2.19. The minimum absolute atomic E-state index is 0.0309. The van der Waals surface area contributed by atoms with Crippen molar-refractivity contribution in [2.24, 2.45) is 0 Å². The SMILES string of the molecule is CC(C)=C1C(=O)Nc2ccc(CCCN3CCN(c4csc5ccccc45)CC3)cc21. The zero-order chi connectivity index (χ0) is 21.4. The third-order valence-electron chi connectivity index (χ3n) is 6.44. The van der Waals surface area contributed by atoms with E-state index in [1.165, 1.54) is 21.3 Å². The van der Waals surface area contributed by atoms with Gasteiger partial charge >= 0.3 is 0 Å². The molecule has 0 bridgehead atoms. The lowest BCUT2D eigenvalue weighted by Crippen LogP contribution is -2.46. The van der Waals surface area contributed by atoms with Crippen molar-refractivity contribution >= 4 is 44.3 Å². The normalized spacial score (nSPS) is 16.6. The van der Waals surface area contributed by atoms with Crippen molar-refractivity contribution in [1.29, 1.82) is 0 Å². The van der Waals surface area contributed by atoms with Crippen LogP contribution < -0.4 is 10.2 Å². The second kappa shape index (κ2) is 8.48. The average molecular weight is 432 g/mol. The molecule has 0 atom stereocenters. The monoisotopic (exact) mass is 431 g/mol. The van der Waals surface area contributed by atoms with E-state index in [0.29, 0.717) is 0 Å². The van der Waals surface area contributed by atoms with Crippen LogP contribution >= 0.6 is 11.3 Å². The topological polar surface area (TPSA) is 35.6 Å². The zero-order valence-corrected chi connectivity index (χ0v) is 19.1. The van der Waals surface area contributed by atoms with Crippen LogP contribution in [0.3, 0.4) is 0 Å². The molecule has 1 N–H and O–H groups in total. The first-order chi connectivity index (χ1) is 15.1. The van der Waals surface area contributed by atoms with Crippen molar-refractivity contribution in [3.8, 4) is 0 Å². The van der Waals surface area contributed by atoms with Crippen LogP contribution in [0.4, 0.5) is 11.4 Å². The van der Waals surface area contributed by atoms with Gasteiger partial charge in [-0.2, -0.15) is 0 Å². The molecule has 2 aliphatic heterocycles. The standard InChI is InChI=1S/C26H29N3OS/c1-18(2)25-21-16-19(9-10-22(21)27-26(25)30)6-5-11-28-12-14-29(15-13-28)23-17-31-24-8-4-3-7-20(23)24/h3-4,7-10,16-17H,5-6,11-15H2,1-2H3,(H,27,30). The fourth-order valence-electron chi connectivity index (χ4n) is 4.79. The maximum absolute atomic E-state index is 12.2. The lowest BCUT2D eigenvalue weighted by Gasteiger charge is -2.35. The molecule has 0 spiro atoms. The van der Waals surface area contributed by atoms with E-state index < -0.39 is 0 Å². The van der Waals surface area contributed by atoms with Crippen LogP contribution in [0.1, 0.15) is 31.4 Å². The fraction of sp³-hybridized carbons (Fsp3) is 0.346. The first-order valence-corrected chi connectivity index (χ1v) is 12.0. The van der Waals surface area contributed by atoms with Crippen LogP contribution in [0.5, 0.6) is 0 Å². The molecular weight excluding hydrogens is 402 g/mol. The Morgan fingerprint density at radius 3 is 2.68 bits per heavy atom. The van der Waals surface area contributed by atoms with Gasteiger partial charge in [0.25, 0.3) is 5.91 Å². The lowest BCUT2D eigenvalue weighted by molar-refractivity contribution is -0.110. The van der Waals surface area contributed by atoms with Crippen LogP contribution in [0.2, 0.25) is 0 Å². The van der Waals surface area contributed by atoms with Gasteiger partial charge in [-0.25, -0.2) is 0 Å². The Kier molecular flexibility index (Phi) is 5.55. The van der Waals surface area contributed by atoms with Crippen LogP contribution in [-0.2, 0) is 11.2 Å². The Bertz CT molecular complexity index is 1150. The van der Waals surface area contributed by atoms with E-state index in [1.54, 1.807) is 0 Å². The first-order valence-electron chi connectivity index (χ1n) is 11.2. The summed E-state index contributed by atoms with van der Waals surface area (Å²) < 4.78 is 1.38. The molecule has 2 aliphatic rings. The molecule has 3 heterocycles. The number of allylic oxidation sites excluding steroid dienone is 1. The van der Waals surface area contributed by atoms with E-state index >= 15 is 0 Å². The number of fused-ring (bicyclic) bond motifs is 2. The summed E-state index contributed by atoms with van der Waals surface area (Å²) in [4.78, 5) is 17.3. The van der Waals surface area contributed by atoms with Gasteiger partial charge in [-0.05, 0) is 57.0 Å². The van der Waals surface area contributed by atoms with Crippen LogP contribution in [0.15, 0.2) is 53.4 Å². The van der Waals surface area contributed by atoms with E-state index in [2.05, 4.69) is 63.0 Å². The first kappa shape index (κ1) is 20.3. The summed E-state index contributed by atoms with van der Waals surface area (Å²) in [6, 6.07) is 15.1. The second-order valence-electron chi connectivity index (χ2n) is 8.76. The van der Waals surface area contributed by atoms with Gasteiger partial charge in [0.1, 0.15) is 0 Å². The Balaban J connectivity index is 1.15. The van der Waals surface area contributed by atoms with Crippen LogP contribution in [0, 0.1) is 0 Å². The quantitative estimate of drug-likeness (QED) is 0.549. The fourth-order valence-corrected chi connectivity index (χ4v) is 5.77. The number of piperazine rings is 1. The molecule has 0 saturated carbocycles. The van der Waals surface area contributed by atoms with Crippen molar-refractivity contribution in [2.75, 3.05) is 42.9 Å². The molecule has 1 fully saturated rings. The third-order valence-corrected chi connectivity index (χ3v) is 7.39. The Morgan fingerprint density at radius 2 is 1.87 bits per heavy atom. The second-order valence-corrected chi connectivity index (χ2v) is 9.67. The summed E-state index contributed by atoms with van der Waals surface area (Å²) >= 11 is 1.85. The largest absolute Gasteiger partial charge is 0.368 e. The number of benzene rings is 2. The molecule has 5 heteroatoms. The smallest absolute Gasteiger partial charge is 0.256 e. The summed E-state index contributed by atoms with van der Waals surface area (Å²) in [6.45, 7) is 9.57. The number of hydrogen-bond acceptors (Lipinski definition) is 4. The van der Waals surface area contributed by atoms with Gasteiger partial charge in [-0.15, -0.1) is 11.3 Å². The van der Waals surface area contributed by atoms with Gasteiger partial charge in [0.2, 0.25) is 0 Å². The molecule has 1 saturated heterocycles. The average Bonchev–Trinajstić information content (AvgIpc) is 3.34. The molecule has 1 aromatic heterocycles. The molecule has 5 rings (SSSR count). The number of anilines is 2. The predicted molar refractivity (Wildman–Crippen MR) is 132 cm³/mol. The molecule has 4 nitrogen and oxygen atoms in total. The molecule has 0 aliphatic carbocycles. The van der Waals surface area contributed by atoms with Crippen molar-refractivity contribution in [3.05, 3.63) is 64.5 Å². The van der Waals surface area contributed by atoms with Gasteiger partial charge in [0.15, 0.2) is 0 Å². The number of nitrogens with one attached hydrogen (secondary N) is 1. The van der Waals surface area contributed by atoms with E-state index in [-0.39, 0.29) is 5.91 Å². The highest BCUT2D eigenvalue weighted by Gasteiger charge is 2.25. The summed E-state index contributed by atoms with van der Waals surface area (Å²) in [5, 5.41) is 6.69. The summed E-state index contributed by atoms with van der Waals surface area (Å²) in [5.74, 6) is 0.0309. The van der Waals surface area contributed by atoms with E-state index in [9.17, 15) is 4.79 Å². The number of rotatable bonds is 5. The predicted octanol–water partition coefficient (Wildman–Crippen LogP) is 5.40. The van der Waals surface area contributed by atoms with E-state index in [1.807, 2.05) is 25.2 Å². The van der Waals surface area contributed by atoms with Gasteiger partial charge in [0, 0.05) is 58.5 Å². The molecule has 0 radical (unpaired) electrons. The van der Waals surface area contributed by atoms with Crippen molar-refractivity contribution in [1.82, 2.24) is 4.90 Å². The molecule has 0 unspecified atom stereocenters. The highest BCUT2D eigenvalue weighted by atomic mass is 32.1. The zero-order valence-electron chi connectivity index (χ0n) is 18.3. The van der Waals surface area contributed by atoms with Crippen LogP contribution in [0.25, 0.3) is 15.7 Å². The van der Waals surface area contributed by atoms with E-state index in [0.717, 1.165) is 68.0 Å². The Morgan fingerprint density at radius 1 is 1.06 bits per heavy atom. The Hall–Kier alpha value is -2.63. The van der Waals surface area contributed by atoms with Gasteiger partial charge in [0.05, 0.1) is 5.69 Å². The van der Waals surface area contributed by atoms with Gasteiger partial charge in [-0.1, -0.05) is 29.8 Å². The number of nitrogens with zero attached hydrogens (tertiary/aromatic N) is 2. The highest BCUT2D eigenvalue weighted by Crippen LogP contribution is 2.35. The van der Waals surface area contributed by atoms with Crippen molar-refractivity contribution in [3.63, 3.8) is 0 Å². The minimum Gasteiger partial charge on any atom is -0.368 e. The van der Waals surface area contributed by atoms with Crippen molar-refractivity contribution in [2.45, 2.75) is 26.7 Å². The molecule has 3 aromatic rings. The number of thiophene rings is 1. The highest BCUT2D eigenvalue weighted by molar-refractivity contribution is 7.17. The third kappa shape index (κ3) is 4.00. The lowest BCUT2D eigenvalue weighted by atomic mass is 9.99. The maximum Gasteiger partial charge on any atom is 0.256 e. The van der Waals surface area contributed by atoms with Gasteiger partial charge in [-0.3, -0.25) is 9.69 Å². The van der Waals surface area contributed by atoms with Gasteiger partial charge < -0.3 is 10.2 Å². The molecular formula is C26H29N3OS. The number of hydrogen-bond donors (Lipinski definition) is 1. The number of amides is 1. The number of carbonyl (C=O) groups excluding carboxylic acids is 1. The summed E-state index contributed by atoms with van der Waals surface area (Å²) in [5.41, 5.74) is 6.65. The van der Waals surface area contributed by atoms with Crippen LogP contribution in [-0.4, -0.2) is 43.5 Å². The molecule has 31 heavy (non-hydrogen) atoms. The minimum atomic E-state index is 0.0309. The number of carbonyl (C=O) groups is 1. The maximum atomic E-state index is 12.2.